The molecule has 0 aliphatic heterocycles. The van der Waals surface area contributed by atoms with Gasteiger partial charge in [0, 0.05) is 5.69 Å². The molecule has 1 rings (SSSR count). The van der Waals surface area contributed by atoms with E-state index in [-0.39, 0.29) is 24.2 Å². The third kappa shape index (κ3) is 4.22. The Morgan fingerprint density at radius 1 is 1.24 bits per heavy atom. The van der Waals surface area contributed by atoms with Crippen LogP contribution < -0.4 is 16.4 Å². The fourth-order valence-corrected chi connectivity index (χ4v) is 1.33. The first kappa shape index (κ1) is 13.8. The third-order valence-electron chi connectivity index (χ3n) is 1.83. The van der Waals surface area contributed by atoms with Crippen molar-refractivity contribution in [2.24, 2.45) is 5.73 Å². The van der Waals surface area contributed by atoms with Crippen molar-refractivity contribution in [1.82, 2.24) is 0 Å². The number of carbonyl (C=O) groups excluding carboxylic acids is 2. The highest BCUT2D eigenvalue weighted by Gasteiger charge is 2.07. The van der Waals surface area contributed by atoms with E-state index in [0.717, 1.165) is 0 Å². The maximum absolute atomic E-state index is 11.1. The Balaban J connectivity index is 2.86. The van der Waals surface area contributed by atoms with Gasteiger partial charge < -0.3 is 16.4 Å². The van der Waals surface area contributed by atoms with Crippen LogP contribution >= 0.6 is 23.2 Å². The predicted molar refractivity (Wildman–Crippen MR) is 68.5 cm³/mol. The van der Waals surface area contributed by atoms with Gasteiger partial charge in [0.15, 0.2) is 0 Å². The zero-order valence-electron chi connectivity index (χ0n) is 8.80. The minimum Gasteiger partial charge on any atom is -0.325 e. The van der Waals surface area contributed by atoms with Crippen LogP contribution in [0.5, 0.6) is 0 Å². The van der Waals surface area contributed by atoms with Crippen LogP contribution in [-0.4, -0.2) is 24.2 Å². The van der Waals surface area contributed by atoms with Crippen LogP contribution in [0.1, 0.15) is 0 Å². The SMILES string of the molecule is NCC(=O)Nc1ccc(Cl)c(NC(=O)CCl)c1. The van der Waals surface area contributed by atoms with Gasteiger partial charge in [0.2, 0.25) is 11.8 Å². The Morgan fingerprint density at radius 2 is 1.94 bits per heavy atom. The summed E-state index contributed by atoms with van der Waals surface area (Å²) in [5.74, 6) is -0.881. The number of hydrogen-bond acceptors (Lipinski definition) is 3. The number of nitrogens with two attached hydrogens (primary N) is 1. The molecule has 0 fully saturated rings. The third-order valence-corrected chi connectivity index (χ3v) is 2.40. The van der Waals surface area contributed by atoms with Gasteiger partial charge in [0.05, 0.1) is 17.3 Å². The molecule has 0 aliphatic carbocycles. The fourth-order valence-electron chi connectivity index (χ4n) is 1.09. The van der Waals surface area contributed by atoms with Crippen LogP contribution in [0.3, 0.4) is 0 Å². The first-order valence-corrected chi connectivity index (χ1v) is 5.63. The second kappa shape index (κ2) is 6.44. The van der Waals surface area contributed by atoms with E-state index in [9.17, 15) is 9.59 Å². The van der Waals surface area contributed by atoms with Gasteiger partial charge in [-0.2, -0.15) is 0 Å². The van der Waals surface area contributed by atoms with E-state index in [0.29, 0.717) is 16.4 Å². The van der Waals surface area contributed by atoms with Crippen molar-refractivity contribution in [1.29, 1.82) is 0 Å². The molecule has 0 heterocycles. The van der Waals surface area contributed by atoms with E-state index >= 15 is 0 Å². The predicted octanol–water partition coefficient (Wildman–Crippen LogP) is 1.41. The zero-order valence-corrected chi connectivity index (χ0v) is 10.3. The normalized spacial score (nSPS) is 9.82. The number of alkyl halides is 1. The van der Waals surface area contributed by atoms with Crippen LogP contribution in [0.2, 0.25) is 5.02 Å². The van der Waals surface area contributed by atoms with Gasteiger partial charge in [-0.05, 0) is 18.2 Å². The molecule has 0 unspecified atom stereocenters. The molecule has 0 aliphatic rings. The Kier molecular flexibility index (Phi) is 5.21. The number of amides is 2. The molecule has 2 amide bonds. The number of hydrogen-bond donors (Lipinski definition) is 3. The van der Waals surface area contributed by atoms with Crippen LogP contribution in [0.4, 0.5) is 11.4 Å². The maximum atomic E-state index is 11.1. The molecule has 0 saturated heterocycles. The highest BCUT2D eigenvalue weighted by Crippen LogP contribution is 2.25. The number of halogens is 2. The van der Waals surface area contributed by atoms with E-state index in [2.05, 4.69) is 10.6 Å². The molecule has 1 aromatic carbocycles. The van der Waals surface area contributed by atoms with Crippen molar-refractivity contribution < 1.29 is 9.59 Å². The summed E-state index contributed by atoms with van der Waals surface area (Å²) in [4.78, 5) is 22.2. The molecule has 17 heavy (non-hydrogen) atoms. The Labute approximate surface area is 108 Å². The van der Waals surface area contributed by atoms with Crippen molar-refractivity contribution >= 4 is 46.4 Å². The van der Waals surface area contributed by atoms with Crippen molar-refractivity contribution in [3.8, 4) is 0 Å². The molecule has 0 bridgehead atoms. The summed E-state index contributed by atoms with van der Waals surface area (Å²) < 4.78 is 0. The zero-order chi connectivity index (χ0) is 12.8. The first-order chi connectivity index (χ1) is 8.06. The lowest BCUT2D eigenvalue weighted by Gasteiger charge is -2.09. The first-order valence-electron chi connectivity index (χ1n) is 4.72. The van der Waals surface area contributed by atoms with Gasteiger partial charge in [-0.25, -0.2) is 0 Å². The van der Waals surface area contributed by atoms with E-state index in [1.807, 2.05) is 0 Å². The minimum absolute atomic E-state index is 0.119. The highest BCUT2D eigenvalue weighted by molar-refractivity contribution is 6.35. The molecule has 7 heteroatoms. The minimum atomic E-state index is -0.379. The molecule has 4 N–H and O–H groups in total. The average Bonchev–Trinajstić information content (AvgIpc) is 2.33. The van der Waals surface area contributed by atoms with Crippen LogP contribution in [-0.2, 0) is 9.59 Å². The van der Waals surface area contributed by atoms with E-state index in [1.165, 1.54) is 6.07 Å². The molecule has 0 saturated carbocycles. The van der Waals surface area contributed by atoms with Crippen molar-refractivity contribution in [2.45, 2.75) is 0 Å². The molecule has 0 atom stereocenters. The smallest absolute Gasteiger partial charge is 0.239 e. The summed E-state index contributed by atoms with van der Waals surface area (Å²) in [7, 11) is 0. The Hall–Kier alpha value is -1.30. The van der Waals surface area contributed by atoms with Crippen LogP contribution in [0, 0.1) is 0 Å². The van der Waals surface area contributed by atoms with Gasteiger partial charge in [-0.1, -0.05) is 11.6 Å². The lowest BCUT2D eigenvalue weighted by atomic mass is 10.2. The summed E-state index contributed by atoms with van der Waals surface area (Å²) in [6.45, 7) is -0.119. The molecule has 0 spiro atoms. The number of benzene rings is 1. The molecule has 5 nitrogen and oxygen atoms in total. The van der Waals surface area contributed by atoms with Gasteiger partial charge in [0.25, 0.3) is 0 Å². The topological polar surface area (TPSA) is 84.2 Å². The van der Waals surface area contributed by atoms with Crippen LogP contribution in [0.15, 0.2) is 18.2 Å². The van der Waals surface area contributed by atoms with Crippen molar-refractivity contribution in [2.75, 3.05) is 23.1 Å². The average molecular weight is 276 g/mol. The molecular formula is C10H11Cl2N3O2. The van der Waals surface area contributed by atoms with Crippen LogP contribution in [0.25, 0.3) is 0 Å². The molecule has 92 valence electrons. The van der Waals surface area contributed by atoms with Crippen molar-refractivity contribution in [3.05, 3.63) is 23.2 Å². The maximum Gasteiger partial charge on any atom is 0.239 e. The summed E-state index contributed by atoms with van der Waals surface area (Å²) in [6, 6.07) is 4.68. The van der Waals surface area contributed by atoms with Gasteiger partial charge in [0.1, 0.15) is 5.88 Å². The summed E-state index contributed by atoms with van der Waals surface area (Å²) >= 11 is 11.2. The molecule has 0 aromatic heterocycles. The number of anilines is 2. The summed E-state index contributed by atoms with van der Waals surface area (Å²) in [5.41, 5.74) is 6.04. The second-order valence-corrected chi connectivity index (χ2v) is 3.80. The fraction of sp³-hybridized carbons (Fsp3) is 0.200. The quantitative estimate of drug-likeness (QED) is 0.727. The summed E-state index contributed by atoms with van der Waals surface area (Å²) in [6.07, 6.45) is 0. The molecular weight excluding hydrogens is 265 g/mol. The number of carbonyl (C=O) groups is 2. The lowest BCUT2D eigenvalue weighted by molar-refractivity contribution is -0.115. The Bertz CT molecular complexity index is 438. The van der Waals surface area contributed by atoms with E-state index in [1.54, 1.807) is 12.1 Å². The monoisotopic (exact) mass is 275 g/mol. The van der Waals surface area contributed by atoms with E-state index in [4.69, 9.17) is 28.9 Å². The molecule has 1 aromatic rings. The standard InChI is InChI=1S/C10H11Cl2N3O2/c11-4-9(16)15-8-3-6(1-2-7(8)12)14-10(17)5-13/h1-3H,4-5,13H2,(H,14,17)(H,15,16). The Morgan fingerprint density at radius 3 is 2.53 bits per heavy atom. The number of nitrogens with one attached hydrogen (secondary N) is 2. The number of rotatable bonds is 4. The highest BCUT2D eigenvalue weighted by atomic mass is 35.5. The van der Waals surface area contributed by atoms with Gasteiger partial charge >= 0.3 is 0 Å². The summed E-state index contributed by atoms with van der Waals surface area (Å²) in [5, 5.41) is 5.41. The second-order valence-electron chi connectivity index (χ2n) is 3.13. The van der Waals surface area contributed by atoms with Gasteiger partial charge in [-0.15, -0.1) is 11.6 Å². The van der Waals surface area contributed by atoms with E-state index < -0.39 is 0 Å². The molecule has 0 radical (unpaired) electrons. The van der Waals surface area contributed by atoms with Gasteiger partial charge in [-0.3, -0.25) is 9.59 Å². The van der Waals surface area contributed by atoms with Crippen molar-refractivity contribution in [3.63, 3.8) is 0 Å². The largest absolute Gasteiger partial charge is 0.325 e. The lowest BCUT2D eigenvalue weighted by Crippen LogP contribution is -2.22.